The van der Waals surface area contributed by atoms with Crippen LogP contribution in [0, 0.1) is 6.92 Å². The summed E-state index contributed by atoms with van der Waals surface area (Å²) in [6.45, 7) is 4.07. The van der Waals surface area contributed by atoms with Gasteiger partial charge in [0.05, 0.1) is 6.26 Å². The number of carbonyl (C=O) groups excluding carboxylic acids is 2. The second kappa shape index (κ2) is 7.70. The summed E-state index contributed by atoms with van der Waals surface area (Å²) in [4.78, 5) is 28.0. The van der Waals surface area contributed by atoms with E-state index < -0.39 is 0 Å². The van der Waals surface area contributed by atoms with E-state index in [0.717, 1.165) is 15.6 Å². The first kappa shape index (κ1) is 17.5. The lowest BCUT2D eigenvalue weighted by Crippen LogP contribution is -2.50. The molecule has 0 aliphatic carbocycles. The molecule has 2 amide bonds. The van der Waals surface area contributed by atoms with Crippen molar-refractivity contribution in [3.8, 4) is 0 Å². The summed E-state index contributed by atoms with van der Waals surface area (Å²) < 4.78 is 6.11. The zero-order valence-electron chi connectivity index (χ0n) is 13.9. The molecule has 1 fully saturated rings. The van der Waals surface area contributed by atoms with E-state index >= 15 is 0 Å². The van der Waals surface area contributed by atoms with Gasteiger partial charge in [0, 0.05) is 36.7 Å². The van der Waals surface area contributed by atoms with Crippen molar-refractivity contribution in [2.24, 2.45) is 0 Å². The Morgan fingerprint density at radius 3 is 2.48 bits per heavy atom. The molecule has 25 heavy (non-hydrogen) atoms. The lowest BCUT2D eigenvalue weighted by atomic mass is 10.1. The number of hydrogen-bond acceptors (Lipinski definition) is 3. The first-order valence-corrected chi connectivity index (χ1v) is 8.90. The van der Waals surface area contributed by atoms with Crippen LogP contribution in [0.4, 0.5) is 0 Å². The molecule has 1 aromatic heterocycles. The third kappa shape index (κ3) is 4.20. The van der Waals surface area contributed by atoms with Gasteiger partial charge in [-0.05, 0) is 42.3 Å². The molecule has 1 saturated heterocycles. The second-order valence-electron chi connectivity index (χ2n) is 5.95. The summed E-state index contributed by atoms with van der Waals surface area (Å²) in [5, 5.41) is 0. The highest BCUT2D eigenvalue weighted by Crippen LogP contribution is 2.20. The van der Waals surface area contributed by atoms with Crippen LogP contribution in [0.3, 0.4) is 0 Å². The van der Waals surface area contributed by atoms with Gasteiger partial charge < -0.3 is 14.2 Å². The van der Waals surface area contributed by atoms with Crippen LogP contribution in [0.1, 0.15) is 21.7 Å². The van der Waals surface area contributed by atoms with Crippen LogP contribution in [-0.4, -0.2) is 47.8 Å². The number of piperazine rings is 1. The number of rotatable bonds is 3. The largest absolute Gasteiger partial charge is 0.459 e. The predicted molar refractivity (Wildman–Crippen MR) is 99.1 cm³/mol. The van der Waals surface area contributed by atoms with E-state index in [1.54, 1.807) is 28.0 Å². The molecule has 0 atom stereocenters. The topological polar surface area (TPSA) is 53.8 Å². The van der Waals surface area contributed by atoms with Crippen LogP contribution in [0.5, 0.6) is 0 Å². The van der Waals surface area contributed by atoms with Crippen molar-refractivity contribution >= 4 is 33.8 Å². The van der Waals surface area contributed by atoms with Gasteiger partial charge in [-0.25, -0.2) is 0 Å². The highest BCUT2D eigenvalue weighted by molar-refractivity contribution is 9.10. The van der Waals surface area contributed by atoms with Crippen molar-refractivity contribution in [2.75, 3.05) is 26.2 Å². The minimum Gasteiger partial charge on any atom is -0.459 e. The number of carbonyl (C=O) groups is 2. The number of halogens is 1. The van der Waals surface area contributed by atoms with Crippen molar-refractivity contribution in [1.29, 1.82) is 0 Å². The van der Waals surface area contributed by atoms with Gasteiger partial charge >= 0.3 is 0 Å². The lowest BCUT2D eigenvalue weighted by molar-refractivity contribution is -0.127. The molecule has 1 aliphatic heterocycles. The summed E-state index contributed by atoms with van der Waals surface area (Å²) in [5.74, 6) is 0.165. The molecule has 5 nitrogen and oxygen atoms in total. The molecule has 1 aromatic carbocycles. The number of benzene rings is 1. The Kier molecular flexibility index (Phi) is 5.38. The first-order chi connectivity index (χ1) is 12.0. The molecule has 6 heteroatoms. The first-order valence-electron chi connectivity index (χ1n) is 8.10. The van der Waals surface area contributed by atoms with E-state index in [1.165, 1.54) is 6.26 Å². The Hall–Kier alpha value is -2.34. The average molecular weight is 403 g/mol. The van der Waals surface area contributed by atoms with Gasteiger partial charge in [0.25, 0.3) is 5.91 Å². The third-order valence-corrected chi connectivity index (χ3v) is 4.86. The number of amides is 2. The maximum atomic E-state index is 12.4. The molecule has 3 rings (SSSR count). The standard InChI is InChI=1S/C19H19BrN2O3/c1-14-4-5-15(16(20)13-14)6-7-18(23)21-8-10-22(11-9-21)19(24)17-3-2-12-25-17/h2-7,12-13H,8-11H2,1H3/b7-6+. The molecular weight excluding hydrogens is 384 g/mol. The number of nitrogens with zero attached hydrogens (tertiary/aromatic N) is 2. The van der Waals surface area contributed by atoms with Crippen LogP contribution in [-0.2, 0) is 4.79 Å². The highest BCUT2D eigenvalue weighted by atomic mass is 79.9. The van der Waals surface area contributed by atoms with Crippen molar-refractivity contribution < 1.29 is 14.0 Å². The van der Waals surface area contributed by atoms with Crippen LogP contribution in [0.2, 0.25) is 0 Å². The maximum absolute atomic E-state index is 12.4. The van der Waals surface area contributed by atoms with Gasteiger partial charge in [0.1, 0.15) is 0 Å². The van der Waals surface area contributed by atoms with E-state index in [-0.39, 0.29) is 11.8 Å². The van der Waals surface area contributed by atoms with E-state index in [1.807, 2.05) is 31.2 Å². The number of furan rings is 1. The second-order valence-corrected chi connectivity index (χ2v) is 6.81. The molecule has 2 aromatic rings. The quantitative estimate of drug-likeness (QED) is 0.739. The number of aryl methyl sites for hydroxylation is 1. The average Bonchev–Trinajstić information content (AvgIpc) is 3.15. The minimum absolute atomic E-state index is 0.0439. The van der Waals surface area contributed by atoms with Gasteiger partial charge in [0.2, 0.25) is 5.91 Å². The van der Waals surface area contributed by atoms with Gasteiger partial charge in [-0.3, -0.25) is 9.59 Å². The molecule has 0 spiro atoms. The zero-order valence-corrected chi connectivity index (χ0v) is 15.5. The van der Waals surface area contributed by atoms with Crippen LogP contribution in [0.25, 0.3) is 6.08 Å². The van der Waals surface area contributed by atoms with Crippen LogP contribution < -0.4 is 0 Å². The molecule has 0 radical (unpaired) electrons. The van der Waals surface area contributed by atoms with Crippen molar-refractivity contribution in [3.63, 3.8) is 0 Å². The Balaban J connectivity index is 1.56. The third-order valence-electron chi connectivity index (χ3n) is 4.17. The van der Waals surface area contributed by atoms with Crippen LogP contribution in [0.15, 0.2) is 51.6 Å². The molecule has 130 valence electrons. The molecular formula is C19H19BrN2O3. The fourth-order valence-electron chi connectivity index (χ4n) is 2.72. The molecule has 0 saturated carbocycles. The SMILES string of the molecule is Cc1ccc(/C=C/C(=O)N2CCN(C(=O)c3ccco3)CC2)c(Br)c1. The Morgan fingerprint density at radius 1 is 1.12 bits per heavy atom. The molecule has 0 unspecified atom stereocenters. The monoisotopic (exact) mass is 402 g/mol. The highest BCUT2D eigenvalue weighted by Gasteiger charge is 2.25. The number of hydrogen-bond donors (Lipinski definition) is 0. The van der Waals surface area contributed by atoms with Crippen LogP contribution >= 0.6 is 15.9 Å². The van der Waals surface area contributed by atoms with Crippen molar-refractivity contribution in [2.45, 2.75) is 6.92 Å². The van der Waals surface area contributed by atoms with E-state index in [9.17, 15) is 9.59 Å². The Labute approximate surface area is 155 Å². The van der Waals surface area contributed by atoms with Crippen molar-refractivity contribution in [3.05, 3.63) is 64.0 Å². The minimum atomic E-state index is -0.128. The molecule has 0 bridgehead atoms. The fraction of sp³-hybridized carbons (Fsp3) is 0.263. The van der Waals surface area contributed by atoms with E-state index in [4.69, 9.17) is 4.42 Å². The zero-order chi connectivity index (χ0) is 17.8. The van der Waals surface area contributed by atoms with Gasteiger partial charge in [-0.1, -0.05) is 28.1 Å². The van der Waals surface area contributed by atoms with Gasteiger partial charge in [-0.2, -0.15) is 0 Å². The van der Waals surface area contributed by atoms with Gasteiger partial charge in [-0.15, -0.1) is 0 Å². The van der Waals surface area contributed by atoms with Gasteiger partial charge in [0.15, 0.2) is 5.76 Å². The van der Waals surface area contributed by atoms with Crippen molar-refractivity contribution in [1.82, 2.24) is 9.80 Å². The Morgan fingerprint density at radius 2 is 1.84 bits per heavy atom. The normalized spacial score (nSPS) is 15.0. The molecule has 2 heterocycles. The summed E-state index contributed by atoms with van der Waals surface area (Å²) in [5.41, 5.74) is 2.12. The summed E-state index contributed by atoms with van der Waals surface area (Å²) in [6.07, 6.45) is 4.88. The fourth-order valence-corrected chi connectivity index (χ4v) is 3.35. The lowest BCUT2D eigenvalue weighted by Gasteiger charge is -2.33. The smallest absolute Gasteiger partial charge is 0.289 e. The predicted octanol–water partition coefficient (Wildman–Crippen LogP) is 3.35. The summed E-state index contributed by atoms with van der Waals surface area (Å²) in [6, 6.07) is 9.35. The molecule has 0 N–H and O–H groups in total. The maximum Gasteiger partial charge on any atom is 0.289 e. The summed E-state index contributed by atoms with van der Waals surface area (Å²) in [7, 11) is 0. The summed E-state index contributed by atoms with van der Waals surface area (Å²) >= 11 is 3.51. The molecule has 1 aliphatic rings. The van der Waals surface area contributed by atoms with E-state index in [2.05, 4.69) is 15.9 Å². The van der Waals surface area contributed by atoms with E-state index in [0.29, 0.717) is 31.9 Å². The Bertz CT molecular complexity index is 791.